The molecular weight excluding hydrogens is 305 g/mol. The summed E-state index contributed by atoms with van der Waals surface area (Å²) in [5.74, 6) is -5.13. The van der Waals surface area contributed by atoms with Crippen LogP contribution in [0, 0.1) is 17.5 Å². The zero-order chi connectivity index (χ0) is 16.8. The van der Waals surface area contributed by atoms with E-state index >= 15 is 0 Å². The lowest BCUT2D eigenvalue weighted by Gasteiger charge is -2.40. The van der Waals surface area contributed by atoms with E-state index in [1.807, 2.05) is 19.9 Å². The summed E-state index contributed by atoms with van der Waals surface area (Å²) in [5, 5.41) is 3.29. The maximum Gasteiger partial charge on any atom is 0.261 e. The van der Waals surface area contributed by atoms with Crippen LogP contribution in [0.4, 0.5) is 24.5 Å². The number of hydrogen-bond acceptors (Lipinski definition) is 2. The fraction of sp³-hybridized carbons (Fsp3) is 0.235. The van der Waals surface area contributed by atoms with Gasteiger partial charge in [0.2, 0.25) is 0 Å². The van der Waals surface area contributed by atoms with Crippen molar-refractivity contribution in [2.24, 2.45) is 0 Å². The number of benzene rings is 2. The molecule has 1 aliphatic rings. The van der Waals surface area contributed by atoms with E-state index in [9.17, 15) is 18.0 Å². The first-order valence-corrected chi connectivity index (χ1v) is 7.13. The number of para-hydroxylation sites is 2. The second-order valence-electron chi connectivity index (χ2n) is 6.14. The normalized spacial score (nSPS) is 15.8. The lowest BCUT2D eigenvalue weighted by atomic mass is 9.98. The van der Waals surface area contributed by atoms with Crippen LogP contribution < -0.4 is 10.2 Å². The van der Waals surface area contributed by atoms with Gasteiger partial charge in [0.25, 0.3) is 5.91 Å². The predicted octanol–water partition coefficient (Wildman–Crippen LogP) is 3.95. The van der Waals surface area contributed by atoms with Crippen LogP contribution in [0.1, 0.15) is 24.2 Å². The molecule has 1 aliphatic heterocycles. The van der Waals surface area contributed by atoms with Crippen molar-refractivity contribution in [3.63, 3.8) is 0 Å². The van der Waals surface area contributed by atoms with Crippen molar-refractivity contribution in [1.29, 1.82) is 0 Å². The third-order valence-electron chi connectivity index (χ3n) is 3.73. The van der Waals surface area contributed by atoms with E-state index in [0.29, 0.717) is 5.69 Å². The van der Waals surface area contributed by atoms with E-state index in [2.05, 4.69) is 5.32 Å². The van der Waals surface area contributed by atoms with Gasteiger partial charge in [0.1, 0.15) is 0 Å². The number of nitrogens with one attached hydrogen (secondary N) is 1. The largest absolute Gasteiger partial charge is 0.377 e. The van der Waals surface area contributed by atoms with Gasteiger partial charge in [-0.2, -0.15) is 0 Å². The molecule has 3 rings (SSSR count). The number of carbonyl (C=O) groups is 1. The van der Waals surface area contributed by atoms with Crippen molar-refractivity contribution in [3.8, 4) is 0 Å². The molecule has 0 saturated carbocycles. The number of amides is 1. The number of halogens is 3. The number of hydrogen-bond donors (Lipinski definition) is 1. The van der Waals surface area contributed by atoms with Crippen LogP contribution in [-0.4, -0.2) is 18.0 Å². The molecule has 0 bridgehead atoms. The van der Waals surface area contributed by atoms with Gasteiger partial charge >= 0.3 is 0 Å². The van der Waals surface area contributed by atoms with Crippen molar-refractivity contribution in [3.05, 3.63) is 59.4 Å². The summed E-state index contributed by atoms with van der Waals surface area (Å²) in [4.78, 5) is 14.1. The highest BCUT2D eigenvalue weighted by Gasteiger charge is 2.34. The van der Waals surface area contributed by atoms with Crippen molar-refractivity contribution in [1.82, 2.24) is 0 Å². The molecule has 0 fully saturated rings. The monoisotopic (exact) mass is 320 g/mol. The Morgan fingerprint density at radius 1 is 1.09 bits per heavy atom. The Bertz CT molecular complexity index is 789. The summed E-state index contributed by atoms with van der Waals surface area (Å²) in [5.41, 5.74) is 0.358. The van der Waals surface area contributed by atoms with E-state index in [1.54, 1.807) is 18.2 Å². The van der Waals surface area contributed by atoms with Crippen LogP contribution in [0.15, 0.2) is 36.4 Å². The average molecular weight is 320 g/mol. The van der Waals surface area contributed by atoms with E-state index in [1.165, 1.54) is 4.90 Å². The smallest absolute Gasteiger partial charge is 0.261 e. The lowest BCUT2D eigenvalue weighted by Crippen LogP contribution is -2.51. The molecule has 0 aliphatic carbocycles. The van der Waals surface area contributed by atoms with Gasteiger partial charge < -0.3 is 10.2 Å². The molecule has 1 N–H and O–H groups in total. The number of anilines is 2. The predicted molar refractivity (Wildman–Crippen MR) is 82.1 cm³/mol. The Kier molecular flexibility index (Phi) is 3.55. The van der Waals surface area contributed by atoms with Crippen LogP contribution in [0.5, 0.6) is 0 Å². The maximum absolute atomic E-state index is 14.0. The van der Waals surface area contributed by atoms with E-state index in [4.69, 9.17) is 0 Å². The lowest BCUT2D eigenvalue weighted by molar-refractivity contribution is 0.0976. The van der Waals surface area contributed by atoms with Crippen LogP contribution in [0.2, 0.25) is 0 Å². The molecule has 6 heteroatoms. The van der Waals surface area contributed by atoms with Crippen molar-refractivity contribution < 1.29 is 18.0 Å². The molecule has 0 aromatic heterocycles. The number of nitrogens with zero attached hydrogens (tertiary/aromatic N) is 1. The molecule has 120 valence electrons. The molecule has 0 atom stereocenters. The Morgan fingerprint density at radius 2 is 1.78 bits per heavy atom. The summed E-state index contributed by atoms with van der Waals surface area (Å²) in [6.07, 6.45) is 0. The van der Waals surface area contributed by atoms with Crippen molar-refractivity contribution in [2.75, 3.05) is 16.8 Å². The Labute approximate surface area is 131 Å². The average Bonchev–Trinajstić information content (AvgIpc) is 2.50. The molecule has 1 heterocycles. The van der Waals surface area contributed by atoms with Gasteiger partial charge in [0.05, 0.1) is 16.9 Å². The van der Waals surface area contributed by atoms with Gasteiger partial charge in [0.15, 0.2) is 17.5 Å². The summed E-state index contributed by atoms with van der Waals surface area (Å²) < 4.78 is 40.5. The van der Waals surface area contributed by atoms with E-state index in [0.717, 1.165) is 17.8 Å². The van der Waals surface area contributed by atoms with Crippen LogP contribution in [-0.2, 0) is 0 Å². The molecule has 2 aromatic carbocycles. The highest BCUT2D eigenvalue weighted by atomic mass is 19.2. The summed E-state index contributed by atoms with van der Waals surface area (Å²) in [6.45, 7) is 4.05. The standard InChI is InChI=1S/C17H15F3N2O/c1-17(2)9-22(13-6-4-3-5-12(13)21-17)16(23)10-7-8-11(18)15(20)14(10)19/h3-8,21H,9H2,1-2H3. The van der Waals surface area contributed by atoms with Gasteiger partial charge in [0, 0.05) is 12.1 Å². The zero-order valence-corrected chi connectivity index (χ0v) is 12.7. The van der Waals surface area contributed by atoms with Gasteiger partial charge in [-0.15, -0.1) is 0 Å². The fourth-order valence-electron chi connectivity index (χ4n) is 2.72. The minimum absolute atomic E-state index is 0.265. The first kappa shape index (κ1) is 15.4. The number of fused-ring (bicyclic) bond motifs is 1. The first-order valence-electron chi connectivity index (χ1n) is 7.13. The first-order chi connectivity index (χ1) is 10.8. The number of carbonyl (C=O) groups excluding carboxylic acids is 1. The summed E-state index contributed by atoms with van der Waals surface area (Å²) in [6, 6.07) is 8.80. The Balaban J connectivity index is 2.08. The molecule has 1 amide bonds. The van der Waals surface area contributed by atoms with Gasteiger partial charge in [-0.05, 0) is 38.1 Å². The third-order valence-corrected chi connectivity index (χ3v) is 3.73. The van der Waals surface area contributed by atoms with Crippen LogP contribution in [0.3, 0.4) is 0 Å². The molecule has 0 spiro atoms. The highest BCUT2D eigenvalue weighted by molar-refractivity contribution is 6.08. The second-order valence-corrected chi connectivity index (χ2v) is 6.14. The van der Waals surface area contributed by atoms with Crippen molar-refractivity contribution >= 4 is 17.3 Å². The molecule has 23 heavy (non-hydrogen) atoms. The minimum Gasteiger partial charge on any atom is -0.377 e. The maximum atomic E-state index is 14.0. The van der Waals surface area contributed by atoms with Gasteiger partial charge in [-0.1, -0.05) is 12.1 Å². The van der Waals surface area contributed by atoms with Crippen LogP contribution in [0.25, 0.3) is 0 Å². The van der Waals surface area contributed by atoms with Crippen molar-refractivity contribution in [2.45, 2.75) is 19.4 Å². The fourth-order valence-corrected chi connectivity index (χ4v) is 2.72. The molecule has 3 nitrogen and oxygen atoms in total. The third kappa shape index (κ3) is 2.65. The van der Waals surface area contributed by atoms with E-state index in [-0.39, 0.29) is 6.54 Å². The van der Waals surface area contributed by atoms with Crippen LogP contribution >= 0.6 is 0 Å². The molecule has 0 unspecified atom stereocenters. The zero-order valence-electron chi connectivity index (χ0n) is 12.7. The van der Waals surface area contributed by atoms with E-state index < -0.39 is 34.5 Å². The Hall–Kier alpha value is -2.50. The minimum atomic E-state index is -1.64. The number of rotatable bonds is 1. The molecule has 2 aromatic rings. The topological polar surface area (TPSA) is 32.3 Å². The summed E-state index contributed by atoms with van der Waals surface area (Å²) in [7, 11) is 0. The molecular formula is C17H15F3N2O. The molecule has 0 radical (unpaired) electrons. The second kappa shape index (κ2) is 5.30. The Morgan fingerprint density at radius 3 is 2.52 bits per heavy atom. The molecule has 0 saturated heterocycles. The quantitative estimate of drug-likeness (QED) is 0.807. The van der Waals surface area contributed by atoms with Gasteiger partial charge in [-0.3, -0.25) is 4.79 Å². The summed E-state index contributed by atoms with van der Waals surface area (Å²) >= 11 is 0. The highest BCUT2D eigenvalue weighted by Crippen LogP contribution is 2.35. The SMILES string of the molecule is CC1(C)CN(C(=O)c2ccc(F)c(F)c2F)c2ccccc2N1. The van der Waals surface area contributed by atoms with Gasteiger partial charge in [-0.25, -0.2) is 13.2 Å².